The fraction of sp³-hybridized carbons (Fsp3) is 0.286. The number of anilines is 1. The molecule has 1 saturated heterocycles. The summed E-state index contributed by atoms with van der Waals surface area (Å²) < 4.78 is 6.70. The van der Waals surface area contributed by atoms with Crippen LogP contribution in [0.15, 0.2) is 59.6 Å². The van der Waals surface area contributed by atoms with Gasteiger partial charge >= 0.3 is 0 Å². The number of rotatable bonds is 5. The summed E-state index contributed by atoms with van der Waals surface area (Å²) >= 11 is 0. The molecule has 1 aliphatic rings. The summed E-state index contributed by atoms with van der Waals surface area (Å²) in [5, 5.41) is 15.2. The van der Waals surface area contributed by atoms with Crippen LogP contribution in [0.25, 0.3) is 11.0 Å². The van der Waals surface area contributed by atoms with Crippen molar-refractivity contribution >= 4 is 22.8 Å². The number of fused-ring (bicyclic) bond motifs is 1. The van der Waals surface area contributed by atoms with Crippen LogP contribution in [0.4, 0.5) is 5.82 Å². The Bertz CT molecular complexity index is 1150. The van der Waals surface area contributed by atoms with Crippen molar-refractivity contribution in [1.29, 1.82) is 0 Å². The Labute approximate surface area is 172 Å². The Morgan fingerprint density at radius 1 is 1.10 bits per heavy atom. The number of benzene rings is 1. The predicted molar refractivity (Wildman–Crippen MR) is 110 cm³/mol. The number of hydrogen-bond donors (Lipinski definition) is 1. The lowest BCUT2D eigenvalue weighted by Gasteiger charge is -2.32. The highest BCUT2D eigenvalue weighted by atomic mass is 16.6. The fourth-order valence-corrected chi connectivity index (χ4v) is 3.90. The zero-order chi connectivity index (χ0) is 20.3. The average Bonchev–Trinajstić information content (AvgIpc) is 3.44. The summed E-state index contributed by atoms with van der Waals surface area (Å²) in [6, 6.07) is 11.6. The summed E-state index contributed by atoms with van der Waals surface area (Å²) in [6.45, 7) is 2.77. The number of piperidine rings is 1. The number of amides is 1. The molecule has 1 N–H and O–H groups in total. The SMILES string of the molecule is O=C(Nc1ccnn1C1CCN(Cc2ccc3nonc3c2)CC1)c1cccnc1. The topological polar surface area (TPSA) is 102 Å². The smallest absolute Gasteiger partial charge is 0.258 e. The van der Waals surface area contributed by atoms with Gasteiger partial charge in [-0.25, -0.2) is 9.31 Å². The van der Waals surface area contributed by atoms with Gasteiger partial charge in [0.15, 0.2) is 0 Å². The molecule has 0 aliphatic carbocycles. The third-order valence-electron chi connectivity index (χ3n) is 5.46. The number of carbonyl (C=O) groups is 1. The third kappa shape index (κ3) is 3.79. The number of carbonyl (C=O) groups excluding carboxylic acids is 1. The van der Waals surface area contributed by atoms with Crippen LogP contribution in [0, 0.1) is 0 Å². The molecule has 4 aromatic rings. The Hall–Kier alpha value is -3.59. The average molecular weight is 403 g/mol. The maximum Gasteiger partial charge on any atom is 0.258 e. The standard InChI is InChI=1S/C21H21N7O2/c29-21(16-2-1-8-22-13-16)24-20-5-9-23-28(20)17-6-10-27(11-7-17)14-15-3-4-18-19(12-15)26-30-25-18/h1-5,8-9,12-13,17H,6-7,10-11,14H2,(H,24,29). The van der Waals surface area contributed by atoms with Crippen LogP contribution >= 0.6 is 0 Å². The predicted octanol–water partition coefficient (Wildman–Crippen LogP) is 2.90. The van der Waals surface area contributed by atoms with Gasteiger partial charge in [-0.15, -0.1) is 0 Å². The fourth-order valence-electron chi connectivity index (χ4n) is 3.90. The van der Waals surface area contributed by atoms with E-state index in [-0.39, 0.29) is 11.9 Å². The van der Waals surface area contributed by atoms with E-state index in [0.717, 1.165) is 43.5 Å². The number of pyridine rings is 1. The van der Waals surface area contributed by atoms with Gasteiger partial charge in [0.25, 0.3) is 5.91 Å². The Morgan fingerprint density at radius 2 is 1.97 bits per heavy atom. The lowest BCUT2D eigenvalue weighted by atomic mass is 10.0. The van der Waals surface area contributed by atoms with Gasteiger partial charge in [-0.05, 0) is 53.0 Å². The molecule has 0 unspecified atom stereocenters. The molecule has 9 nitrogen and oxygen atoms in total. The molecule has 0 bridgehead atoms. The van der Waals surface area contributed by atoms with Gasteiger partial charge in [-0.1, -0.05) is 6.07 Å². The quantitative estimate of drug-likeness (QED) is 0.547. The van der Waals surface area contributed by atoms with E-state index < -0.39 is 0 Å². The number of hydrogen-bond acceptors (Lipinski definition) is 7. The van der Waals surface area contributed by atoms with E-state index in [1.54, 1.807) is 30.7 Å². The van der Waals surface area contributed by atoms with Gasteiger partial charge in [0.05, 0.1) is 17.8 Å². The summed E-state index contributed by atoms with van der Waals surface area (Å²) in [4.78, 5) is 18.9. The van der Waals surface area contributed by atoms with Crippen molar-refractivity contribution in [3.63, 3.8) is 0 Å². The van der Waals surface area contributed by atoms with Crippen molar-refractivity contribution < 1.29 is 9.42 Å². The molecular weight excluding hydrogens is 382 g/mol. The van der Waals surface area contributed by atoms with Crippen LogP contribution in [0.1, 0.15) is 34.8 Å². The summed E-state index contributed by atoms with van der Waals surface area (Å²) in [6.07, 6.45) is 6.86. The molecule has 152 valence electrons. The lowest BCUT2D eigenvalue weighted by Crippen LogP contribution is -2.35. The van der Waals surface area contributed by atoms with E-state index in [1.807, 2.05) is 22.9 Å². The molecule has 3 aromatic heterocycles. The number of nitrogens with one attached hydrogen (secondary N) is 1. The number of aromatic nitrogens is 5. The van der Waals surface area contributed by atoms with E-state index in [1.165, 1.54) is 5.56 Å². The van der Waals surface area contributed by atoms with Crippen LogP contribution in [0.5, 0.6) is 0 Å². The maximum absolute atomic E-state index is 12.5. The van der Waals surface area contributed by atoms with Gasteiger partial charge in [0, 0.05) is 38.1 Å². The first-order valence-electron chi connectivity index (χ1n) is 9.95. The molecule has 1 aromatic carbocycles. The van der Waals surface area contributed by atoms with Gasteiger partial charge in [-0.3, -0.25) is 14.7 Å². The molecule has 30 heavy (non-hydrogen) atoms. The minimum absolute atomic E-state index is 0.181. The first kappa shape index (κ1) is 18.4. The lowest BCUT2D eigenvalue weighted by molar-refractivity contribution is 0.102. The first-order chi connectivity index (χ1) is 14.8. The highest BCUT2D eigenvalue weighted by molar-refractivity contribution is 6.03. The highest BCUT2D eigenvalue weighted by Gasteiger charge is 2.23. The molecule has 1 aliphatic heterocycles. The Balaban J connectivity index is 1.21. The van der Waals surface area contributed by atoms with Crippen LogP contribution in [0.2, 0.25) is 0 Å². The Morgan fingerprint density at radius 3 is 2.80 bits per heavy atom. The van der Waals surface area contributed by atoms with Gasteiger partial charge < -0.3 is 5.32 Å². The van der Waals surface area contributed by atoms with Crippen LogP contribution in [0.3, 0.4) is 0 Å². The second-order valence-corrected chi connectivity index (χ2v) is 7.45. The van der Waals surface area contributed by atoms with Gasteiger partial charge in [0.1, 0.15) is 16.9 Å². The summed E-state index contributed by atoms with van der Waals surface area (Å²) in [5.41, 5.74) is 3.28. The van der Waals surface area contributed by atoms with Crippen LogP contribution in [-0.4, -0.2) is 49.0 Å². The van der Waals surface area contributed by atoms with Crippen LogP contribution in [-0.2, 0) is 6.54 Å². The van der Waals surface area contributed by atoms with Gasteiger partial charge in [-0.2, -0.15) is 5.10 Å². The van der Waals surface area contributed by atoms with E-state index in [0.29, 0.717) is 11.4 Å². The number of nitrogens with zero attached hydrogens (tertiary/aromatic N) is 6. The molecule has 1 fully saturated rings. The van der Waals surface area contributed by atoms with E-state index in [4.69, 9.17) is 4.63 Å². The molecule has 1 amide bonds. The molecule has 0 spiro atoms. The van der Waals surface area contributed by atoms with Crippen molar-refractivity contribution in [3.05, 3.63) is 66.1 Å². The zero-order valence-corrected chi connectivity index (χ0v) is 16.3. The molecule has 4 heterocycles. The number of likely N-dealkylation sites (tertiary alicyclic amines) is 1. The van der Waals surface area contributed by atoms with Crippen molar-refractivity contribution in [3.8, 4) is 0 Å². The molecule has 0 radical (unpaired) electrons. The first-order valence-corrected chi connectivity index (χ1v) is 9.95. The van der Waals surface area contributed by atoms with Crippen LogP contribution < -0.4 is 5.32 Å². The van der Waals surface area contributed by atoms with Crippen molar-refractivity contribution in [1.82, 2.24) is 30.0 Å². The van der Waals surface area contributed by atoms with E-state index >= 15 is 0 Å². The highest BCUT2D eigenvalue weighted by Crippen LogP contribution is 2.26. The minimum Gasteiger partial charge on any atom is -0.307 e. The molecule has 0 atom stereocenters. The molecule has 5 rings (SSSR count). The van der Waals surface area contributed by atoms with E-state index in [2.05, 4.69) is 36.7 Å². The minimum atomic E-state index is -0.181. The third-order valence-corrected chi connectivity index (χ3v) is 5.46. The van der Waals surface area contributed by atoms with Crippen molar-refractivity contribution in [2.45, 2.75) is 25.4 Å². The summed E-state index contributed by atoms with van der Waals surface area (Å²) in [5.74, 6) is 0.534. The Kier molecular flexibility index (Phi) is 4.94. The van der Waals surface area contributed by atoms with Gasteiger partial charge in [0.2, 0.25) is 0 Å². The molecular formula is C21H21N7O2. The maximum atomic E-state index is 12.5. The summed E-state index contributed by atoms with van der Waals surface area (Å²) in [7, 11) is 0. The largest absolute Gasteiger partial charge is 0.307 e. The molecule has 9 heteroatoms. The zero-order valence-electron chi connectivity index (χ0n) is 16.3. The van der Waals surface area contributed by atoms with Crippen molar-refractivity contribution in [2.24, 2.45) is 0 Å². The second-order valence-electron chi connectivity index (χ2n) is 7.45. The molecule has 0 saturated carbocycles. The normalized spacial score (nSPS) is 15.5. The monoisotopic (exact) mass is 403 g/mol. The second kappa shape index (κ2) is 8.03. The van der Waals surface area contributed by atoms with E-state index in [9.17, 15) is 4.79 Å². The van der Waals surface area contributed by atoms with Crippen molar-refractivity contribution in [2.75, 3.05) is 18.4 Å².